The van der Waals surface area contributed by atoms with Crippen molar-refractivity contribution in [3.63, 3.8) is 0 Å². The number of hydrogen-bond donors (Lipinski definition) is 1. The van der Waals surface area contributed by atoms with Crippen molar-refractivity contribution in [1.29, 1.82) is 0 Å². The van der Waals surface area contributed by atoms with Crippen molar-refractivity contribution in [2.75, 3.05) is 13.1 Å². The lowest BCUT2D eigenvalue weighted by molar-refractivity contribution is 0.101. The molecule has 0 unspecified atom stereocenters. The van der Waals surface area contributed by atoms with Gasteiger partial charge in [-0.3, -0.25) is 5.84 Å². The number of rotatable bonds is 2. The Labute approximate surface area is 92.8 Å². The first kappa shape index (κ1) is 11.3. The normalized spacial score (nSPS) is 18.7. The Balaban J connectivity index is 1.96. The van der Waals surface area contributed by atoms with Crippen LogP contribution in [0.3, 0.4) is 0 Å². The van der Waals surface area contributed by atoms with Gasteiger partial charge >= 0.3 is 0 Å². The van der Waals surface area contributed by atoms with Crippen LogP contribution in [-0.4, -0.2) is 24.2 Å². The lowest BCUT2D eigenvalue weighted by Crippen LogP contribution is -2.42. The third kappa shape index (κ3) is 2.68. The second kappa shape index (κ2) is 4.76. The topological polar surface area (TPSA) is 38.5 Å². The molecule has 2 rings (SSSR count). The van der Waals surface area contributed by atoms with Crippen molar-refractivity contribution in [2.45, 2.75) is 18.9 Å². The molecule has 1 heterocycles. The molecule has 88 valence electrons. The van der Waals surface area contributed by atoms with Gasteiger partial charge in [0, 0.05) is 19.2 Å². The molecule has 1 aromatic carbocycles. The number of hydrogen-bond acceptors (Lipinski definition) is 3. The first-order valence-corrected chi connectivity index (χ1v) is 5.26. The zero-order chi connectivity index (χ0) is 11.5. The van der Waals surface area contributed by atoms with Crippen LogP contribution >= 0.6 is 0 Å². The van der Waals surface area contributed by atoms with Crippen LogP contribution in [0.2, 0.25) is 0 Å². The number of halogens is 2. The van der Waals surface area contributed by atoms with Crippen molar-refractivity contribution < 1.29 is 13.5 Å². The molecule has 0 saturated carbocycles. The summed E-state index contributed by atoms with van der Waals surface area (Å²) in [5.74, 6) is 4.23. The molecule has 2 N–H and O–H groups in total. The highest BCUT2D eigenvalue weighted by Crippen LogP contribution is 2.20. The van der Waals surface area contributed by atoms with E-state index >= 15 is 0 Å². The van der Waals surface area contributed by atoms with Gasteiger partial charge in [0.1, 0.15) is 11.9 Å². The van der Waals surface area contributed by atoms with Gasteiger partial charge in [0.05, 0.1) is 0 Å². The molecule has 0 spiro atoms. The highest BCUT2D eigenvalue weighted by molar-refractivity contribution is 5.23. The number of benzene rings is 1. The fourth-order valence-corrected chi connectivity index (χ4v) is 1.74. The van der Waals surface area contributed by atoms with Crippen molar-refractivity contribution in [3.05, 3.63) is 29.8 Å². The smallest absolute Gasteiger partial charge is 0.162 e. The van der Waals surface area contributed by atoms with Crippen LogP contribution in [0.5, 0.6) is 5.75 Å². The largest absolute Gasteiger partial charge is 0.490 e. The maximum Gasteiger partial charge on any atom is 0.162 e. The van der Waals surface area contributed by atoms with E-state index in [1.165, 1.54) is 6.07 Å². The minimum atomic E-state index is -0.881. The van der Waals surface area contributed by atoms with Crippen LogP contribution in [0.1, 0.15) is 12.8 Å². The molecule has 1 saturated heterocycles. The summed E-state index contributed by atoms with van der Waals surface area (Å²) in [6, 6.07) is 3.58. The van der Waals surface area contributed by atoms with Crippen molar-refractivity contribution in [1.82, 2.24) is 5.01 Å². The van der Waals surface area contributed by atoms with Gasteiger partial charge < -0.3 is 4.74 Å². The molecule has 16 heavy (non-hydrogen) atoms. The summed E-state index contributed by atoms with van der Waals surface area (Å²) < 4.78 is 31.1. The van der Waals surface area contributed by atoms with Gasteiger partial charge in [-0.25, -0.2) is 13.8 Å². The third-order valence-electron chi connectivity index (χ3n) is 2.67. The van der Waals surface area contributed by atoms with E-state index in [9.17, 15) is 8.78 Å². The van der Waals surface area contributed by atoms with Crippen molar-refractivity contribution >= 4 is 0 Å². The predicted molar refractivity (Wildman–Crippen MR) is 55.8 cm³/mol. The van der Waals surface area contributed by atoms with Crippen molar-refractivity contribution in [2.24, 2.45) is 5.84 Å². The highest BCUT2D eigenvalue weighted by atomic mass is 19.2. The van der Waals surface area contributed by atoms with E-state index in [4.69, 9.17) is 10.6 Å². The van der Waals surface area contributed by atoms with E-state index < -0.39 is 11.6 Å². The van der Waals surface area contributed by atoms with E-state index in [2.05, 4.69) is 0 Å². The predicted octanol–water partition coefficient (Wildman–Crippen LogP) is 1.68. The highest BCUT2D eigenvalue weighted by Gasteiger charge is 2.18. The fraction of sp³-hybridized carbons (Fsp3) is 0.455. The molecule has 1 fully saturated rings. The summed E-state index contributed by atoms with van der Waals surface area (Å²) in [6.07, 6.45) is 1.63. The molecule has 1 aliphatic rings. The molecule has 0 aliphatic carbocycles. The lowest BCUT2D eigenvalue weighted by Gasteiger charge is -2.28. The molecule has 3 nitrogen and oxygen atoms in total. The number of piperidine rings is 1. The average Bonchev–Trinajstić information content (AvgIpc) is 2.27. The molecule has 0 radical (unpaired) electrons. The Bertz CT molecular complexity index is 365. The molecule has 0 bridgehead atoms. The van der Waals surface area contributed by atoms with Crippen LogP contribution in [0.15, 0.2) is 18.2 Å². The Morgan fingerprint density at radius 1 is 1.19 bits per heavy atom. The number of ether oxygens (including phenoxy) is 1. The summed E-state index contributed by atoms with van der Waals surface area (Å²) in [7, 11) is 0. The third-order valence-corrected chi connectivity index (χ3v) is 2.67. The Morgan fingerprint density at radius 2 is 1.88 bits per heavy atom. The minimum absolute atomic E-state index is 0.0321. The minimum Gasteiger partial charge on any atom is -0.490 e. The molecule has 5 heteroatoms. The van der Waals surface area contributed by atoms with Crippen LogP contribution in [0.4, 0.5) is 8.78 Å². The van der Waals surface area contributed by atoms with E-state index in [1.54, 1.807) is 5.01 Å². The monoisotopic (exact) mass is 228 g/mol. The lowest BCUT2D eigenvalue weighted by atomic mass is 10.1. The Hall–Kier alpha value is -1.20. The summed E-state index contributed by atoms with van der Waals surface area (Å²) >= 11 is 0. The van der Waals surface area contributed by atoms with Gasteiger partial charge in [0.2, 0.25) is 0 Å². The summed E-state index contributed by atoms with van der Waals surface area (Å²) in [4.78, 5) is 0. The van der Waals surface area contributed by atoms with E-state index in [-0.39, 0.29) is 6.10 Å². The molecular weight excluding hydrogens is 214 g/mol. The second-order valence-corrected chi connectivity index (χ2v) is 3.93. The van der Waals surface area contributed by atoms with E-state index in [1.807, 2.05) is 0 Å². The number of nitrogens with zero attached hydrogens (tertiary/aromatic N) is 1. The maximum absolute atomic E-state index is 12.9. The quantitative estimate of drug-likeness (QED) is 0.783. The first-order chi connectivity index (χ1) is 7.65. The summed E-state index contributed by atoms with van der Waals surface area (Å²) in [5.41, 5.74) is 0. The van der Waals surface area contributed by atoms with Crippen molar-refractivity contribution in [3.8, 4) is 5.75 Å². The molecule has 1 aliphatic heterocycles. The molecule has 0 aromatic heterocycles. The Kier molecular flexibility index (Phi) is 3.36. The average molecular weight is 228 g/mol. The van der Waals surface area contributed by atoms with Crippen LogP contribution in [-0.2, 0) is 0 Å². The molecule has 0 atom stereocenters. The van der Waals surface area contributed by atoms with Gasteiger partial charge in [-0.1, -0.05) is 0 Å². The SMILES string of the molecule is NN1CCC(Oc2ccc(F)c(F)c2)CC1. The van der Waals surface area contributed by atoms with Gasteiger partial charge in [-0.2, -0.15) is 0 Å². The number of nitrogens with two attached hydrogens (primary N) is 1. The molecule has 1 aromatic rings. The van der Waals surface area contributed by atoms with Crippen LogP contribution in [0, 0.1) is 11.6 Å². The van der Waals surface area contributed by atoms with Gasteiger partial charge in [-0.05, 0) is 25.0 Å². The number of hydrazine groups is 1. The van der Waals surface area contributed by atoms with Gasteiger partial charge in [0.25, 0.3) is 0 Å². The van der Waals surface area contributed by atoms with Crippen LogP contribution < -0.4 is 10.6 Å². The summed E-state index contributed by atoms with van der Waals surface area (Å²) in [5, 5.41) is 1.73. The standard InChI is InChI=1S/C11H14F2N2O/c12-10-2-1-9(7-11(10)13)16-8-3-5-15(14)6-4-8/h1-2,7-8H,3-6,14H2. The summed E-state index contributed by atoms with van der Waals surface area (Å²) in [6.45, 7) is 1.52. The second-order valence-electron chi connectivity index (χ2n) is 3.93. The zero-order valence-electron chi connectivity index (χ0n) is 8.83. The maximum atomic E-state index is 12.9. The van der Waals surface area contributed by atoms with Gasteiger partial charge in [0.15, 0.2) is 11.6 Å². The van der Waals surface area contributed by atoms with E-state index in [0.29, 0.717) is 5.75 Å². The molecule has 0 amide bonds. The fourth-order valence-electron chi connectivity index (χ4n) is 1.74. The Morgan fingerprint density at radius 3 is 2.50 bits per heavy atom. The zero-order valence-corrected chi connectivity index (χ0v) is 8.83. The molecular formula is C11H14F2N2O. The van der Waals surface area contributed by atoms with Crippen LogP contribution in [0.25, 0.3) is 0 Å². The van der Waals surface area contributed by atoms with E-state index in [0.717, 1.165) is 38.1 Å². The first-order valence-electron chi connectivity index (χ1n) is 5.26. The van der Waals surface area contributed by atoms with Gasteiger partial charge in [-0.15, -0.1) is 0 Å².